The molecule has 0 radical (unpaired) electrons. The zero-order valence-electron chi connectivity index (χ0n) is 4.37. The normalized spacial score (nSPS) is 12.6. The van der Waals surface area contributed by atoms with Crippen LogP contribution in [0.15, 0.2) is 12.7 Å². The van der Waals surface area contributed by atoms with E-state index < -0.39 is 18.2 Å². The molecule has 0 bridgehead atoms. The van der Waals surface area contributed by atoms with Crippen molar-refractivity contribution < 1.29 is 13.0 Å². The van der Waals surface area contributed by atoms with E-state index >= 15 is 0 Å². The molecule has 0 rings (SSSR count). The smallest absolute Gasteiger partial charge is 0.221 e. The molecule has 0 aromatic heterocycles. The van der Waals surface area contributed by atoms with Gasteiger partial charge in [0.2, 0.25) is 18.2 Å². The third kappa shape index (κ3) is 5.87. The van der Waals surface area contributed by atoms with Crippen molar-refractivity contribution >= 4 is 18.2 Å². The number of hydrogen-bond acceptors (Lipinski definition) is 2. The summed E-state index contributed by atoms with van der Waals surface area (Å²) in [7, 11) is -4.96. The monoisotopic (exact) mass is 152 g/mol. The van der Waals surface area contributed by atoms with Crippen LogP contribution in [0.3, 0.4) is 0 Å². The van der Waals surface area contributed by atoms with Crippen LogP contribution in [-0.2, 0) is 9.57 Å². The zero-order valence-corrected chi connectivity index (χ0v) is 6.60. The third-order valence-corrected chi connectivity index (χ3v) is 3.99. The van der Waals surface area contributed by atoms with Crippen molar-refractivity contribution in [2.75, 3.05) is 0 Å². The maximum Gasteiger partial charge on any atom is 0.221 e. The van der Waals surface area contributed by atoms with Crippen molar-refractivity contribution in [1.29, 1.82) is 0 Å². The second kappa shape index (κ2) is 3.01. The summed E-state index contributed by atoms with van der Waals surface area (Å²) in [4.78, 5) is 0. The Labute approximate surface area is 50.6 Å². The van der Waals surface area contributed by atoms with E-state index in [1.54, 1.807) is 0 Å². The minimum absolute atomic E-state index is 0.443. The van der Waals surface area contributed by atoms with Gasteiger partial charge in [0, 0.05) is 0 Å². The predicted octanol–water partition coefficient (Wildman–Crippen LogP) is -0.438. The van der Waals surface area contributed by atoms with Crippen LogP contribution < -0.4 is 0 Å². The first-order valence-electron chi connectivity index (χ1n) is 2.12. The molecule has 0 aromatic carbocycles. The highest BCUT2D eigenvalue weighted by atomic mass is 32.4. The van der Waals surface area contributed by atoms with Gasteiger partial charge >= 0.3 is 0 Å². The molecule has 0 aliphatic carbocycles. The fraction of sp³-hybridized carbons (Fsp3) is 0.333. The van der Waals surface area contributed by atoms with Gasteiger partial charge in [-0.2, -0.15) is 0 Å². The molecule has 1 N–H and O–H groups in total. The van der Waals surface area contributed by atoms with Gasteiger partial charge in [0.15, 0.2) is 0 Å². The first-order valence-corrected chi connectivity index (χ1v) is 6.46. The number of rotatable bonds is 3. The maximum atomic E-state index is 9.96. The first-order chi connectivity index (χ1) is 3.56. The molecule has 0 saturated heterocycles. The van der Waals surface area contributed by atoms with Gasteiger partial charge < -0.3 is 0 Å². The lowest BCUT2D eigenvalue weighted by molar-refractivity contribution is 0.500. The van der Waals surface area contributed by atoms with Crippen LogP contribution in [0.1, 0.15) is 0 Å². The topological polar surface area (TPSA) is 54.4 Å². The molecule has 0 fully saturated rings. The first kappa shape index (κ1) is 7.87. The highest BCUT2D eigenvalue weighted by molar-refractivity contribution is 8.10. The lowest BCUT2D eigenvalue weighted by Gasteiger charge is -1.86. The van der Waals surface area contributed by atoms with Crippen LogP contribution in [0.2, 0.25) is 6.04 Å². The van der Waals surface area contributed by atoms with Gasteiger partial charge in [-0.15, -0.1) is 6.58 Å². The van der Waals surface area contributed by atoms with E-state index in [-0.39, 0.29) is 0 Å². The Bertz CT molecular complexity index is 159. The van der Waals surface area contributed by atoms with Gasteiger partial charge in [-0.3, -0.25) is 4.55 Å². The third-order valence-electron chi connectivity index (χ3n) is 0.580. The van der Waals surface area contributed by atoms with Gasteiger partial charge in [0.05, 0.1) is 0 Å². The van der Waals surface area contributed by atoms with Crippen molar-refractivity contribution in [1.82, 2.24) is 0 Å². The molecule has 0 aliphatic rings. The van der Waals surface area contributed by atoms with Crippen LogP contribution in [-0.4, -0.2) is 21.6 Å². The molecular weight excluding hydrogens is 144 g/mol. The molecule has 48 valence electrons. The Balaban J connectivity index is 3.57. The average Bonchev–Trinajstić information content (AvgIpc) is 1.59. The lowest BCUT2D eigenvalue weighted by atomic mass is 10.8. The van der Waals surface area contributed by atoms with Crippen LogP contribution in [0, 0.1) is 0 Å². The molecule has 0 aromatic rings. The Morgan fingerprint density at radius 2 is 2.25 bits per heavy atom. The molecule has 0 heterocycles. The van der Waals surface area contributed by atoms with Gasteiger partial charge in [0.25, 0.3) is 0 Å². The Hall–Kier alpha value is -0.133. The molecule has 0 amide bonds. The highest BCUT2D eigenvalue weighted by Crippen LogP contribution is 1.84. The van der Waals surface area contributed by atoms with Crippen molar-refractivity contribution in [3.63, 3.8) is 0 Å². The minimum atomic E-state index is -3.62. The van der Waals surface area contributed by atoms with Crippen molar-refractivity contribution in [2.24, 2.45) is 0 Å². The molecule has 8 heavy (non-hydrogen) atoms. The summed E-state index contributed by atoms with van der Waals surface area (Å²) >= 11 is 0. The summed E-state index contributed by atoms with van der Waals surface area (Å²) in [5, 5.41) is 0. The second-order valence-electron chi connectivity index (χ2n) is 1.36. The van der Waals surface area contributed by atoms with E-state index in [0.717, 1.165) is 0 Å². The largest absolute Gasteiger partial charge is 0.292 e. The van der Waals surface area contributed by atoms with E-state index in [9.17, 15) is 8.42 Å². The standard InChI is InChI=1S/C3H8O3SSi/c1-2-3-8-7(4,5)6/h2H,1,3,8H2,(H,4,5,6). The summed E-state index contributed by atoms with van der Waals surface area (Å²) < 4.78 is 28.1. The molecule has 0 saturated carbocycles. The Morgan fingerprint density at radius 1 is 1.75 bits per heavy atom. The van der Waals surface area contributed by atoms with Gasteiger partial charge in [-0.1, -0.05) is 6.08 Å². The molecule has 0 unspecified atom stereocenters. The Morgan fingerprint density at radius 3 is 2.38 bits per heavy atom. The summed E-state index contributed by atoms with van der Waals surface area (Å²) in [6, 6.07) is 0.443. The van der Waals surface area contributed by atoms with Crippen LogP contribution in [0.4, 0.5) is 0 Å². The zero-order chi connectivity index (χ0) is 6.62. The van der Waals surface area contributed by atoms with Gasteiger partial charge in [0.1, 0.15) is 0 Å². The fourth-order valence-electron chi connectivity index (χ4n) is 0.232. The maximum absolute atomic E-state index is 9.96. The quantitative estimate of drug-likeness (QED) is 0.339. The predicted molar refractivity (Wildman–Crippen MR) is 35.1 cm³/mol. The summed E-state index contributed by atoms with van der Waals surface area (Å²) in [6.45, 7) is 3.32. The molecule has 0 aliphatic heterocycles. The molecule has 0 spiro atoms. The molecule has 0 atom stereocenters. The SMILES string of the molecule is C=CC[SiH2]S(=O)(=O)O. The highest BCUT2D eigenvalue weighted by Gasteiger charge is 2.00. The van der Waals surface area contributed by atoms with Crippen LogP contribution >= 0.6 is 0 Å². The average molecular weight is 152 g/mol. The Kier molecular flexibility index (Phi) is 2.96. The number of hydrogen-bond donors (Lipinski definition) is 1. The minimum Gasteiger partial charge on any atom is -0.292 e. The lowest BCUT2D eigenvalue weighted by Crippen LogP contribution is -2.05. The van der Waals surface area contributed by atoms with E-state index in [0.29, 0.717) is 6.04 Å². The second-order valence-corrected chi connectivity index (χ2v) is 6.93. The van der Waals surface area contributed by atoms with E-state index in [4.69, 9.17) is 4.55 Å². The fourth-order valence-corrected chi connectivity index (χ4v) is 2.09. The summed E-state index contributed by atoms with van der Waals surface area (Å²) in [5.41, 5.74) is 0. The molecule has 5 heteroatoms. The van der Waals surface area contributed by atoms with Crippen molar-refractivity contribution in [2.45, 2.75) is 6.04 Å². The van der Waals surface area contributed by atoms with E-state index in [1.807, 2.05) is 0 Å². The number of allylic oxidation sites excluding steroid dienone is 1. The summed E-state index contributed by atoms with van der Waals surface area (Å²) in [6.07, 6.45) is 1.50. The van der Waals surface area contributed by atoms with Crippen LogP contribution in [0.25, 0.3) is 0 Å². The van der Waals surface area contributed by atoms with Crippen molar-refractivity contribution in [3.05, 3.63) is 12.7 Å². The van der Waals surface area contributed by atoms with Crippen molar-refractivity contribution in [3.8, 4) is 0 Å². The summed E-state index contributed by atoms with van der Waals surface area (Å²) in [5.74, 6) is 0. The van der Waals surface area contributed by atoms with Gasteiger partial charge in [-0.25, -0.2) is 8.42 Å². The van der Waals surface area contributed by atoms with Crippen LogP contribution in [0.5, 0.6) is 0 Å². The van der Waals surface area contributed by atoms with Gasteiger partial charge in [-0.05, 0) is 6.04 Å². The molecular formula is C3H8O3SSi. The van der Waals surface area contributed by atoms with E-state index in [2.05, 4.69) is 6.58 Å². The van der Waals surface area contributed by atoms with E-state index in [1.165, 1.54) is 6.08 Å². The molecule has 3 nitrogen and oxygen atoms in total.